The summed E-state index contributed by atoms with van der Waals surface area (Å²) in [6.45, 7) is 2.35. The molecule has 1 saturated heterocycles. The number of nitrogens with zero attached hydrogens (tertiary/aromatic N) is 2. The van der Waals surface area contributed by atoms with Crippen molar-refractivity contribution in [1.29, 1.82) is 0 Å². The van der Waals surface area contributed by atoms with Gasteiger partial charge in [0.05, 0.1) is 18.6 Å². The molecule has 7 nitrogen and oxygen atoms in total. The zero-order valence-electron chi connectivity index (χ0n) is 18.8. The first-order valence-corrected chi connectivity index (χ1v) is 12.6. The second kappa shape index (κ2) is 9.01. The Morgan fingerprint density at radius 3 is 2.32 bits per heavy atom. The summed E-state index contributed by atoms with van der Waals surface area (Å²) >= 11 is 0. The van der Waals surface area contributed by atoms with Gasteiger partial charge in [-0.05, 0) is 60.0 Å². The average molecular weight is 492 g/mol. The zero-order valence-corrected chi connectivity index (χ0v) is 19.6. The smallest absolute Gasteiger partial charge is 0.243 e. The van der Waals surface area contributed by atoms with Gasteiger partial charge in [0.25, 0.3) is 0 Å². The molecule has 3 aliphatic heterocycles. The number of benzene rings is 2. The summed E-state index contributed by atoms with van der Waals surface area (Å²) in [5, 5.41) is 0. The van der Waals surface area contributed by atoms with Crippen LogP contribution in [-0.4, -0.2) is 69.6 Å². The molecule has 182 valence electrons. The monoisotopic (exact) mass is 491 g/mol. The number of hydrogen-bond acceptors (Lipinski definition) is 6. The Labute approximate surface area is 197 Å². The van der Waals surface area contributed by atoms with Crippen LogP contribution in [0.3, 0.4) is 0 Å². The van der Waals surface area contributed by atoms with E-state index >= 15 is 0 Å². The van der Waals surface area contributed by atoms with Gasteiger partial charge in [-0.25, -0.2) is 17.2 Å². The minimum atomic E-state index is -3.60. The highest BCUT2D eigenvalue weighted by Crippen LogP contribution is 2.35. The molecule has 3 atom stereocenters. The number of nitrogens with two attached hydrogens (primary N) is 1. The Morgan fingerprint density at radius 1 is 1.03 bits per heavy atom. The van der Waals surface area contributed by atoms with E-state index in [4.69, 9.17) is 15.2 Å². The van der Waals surface area contributed by atoms with E-state index in [-0.39, 0.29) is 16.5 Å². The molecule has 2 aromatic carbocycles. The summed E-state index contributed by atoms with van der Waals surface area (Å²) in [5.41, 5.74) is 8.66. The molecule has 0 amide bonds. The third-order valence-electron chi connectivity index (χ3n) is 6.90. The quantitative estimate of drug-likeness (QED) is 0.647. The van der Waals surface area contributed by atoms with Gasteiger partial charge in [-0.15, -0.1) is 0 Å². The number of hydrogen-bond donors (Lipinski definition) is 1. The van der Waals surface area contributed by atoms with Gasteiger partial charge in [0.2, 0.25) is 10.0 Å². The Morgan fingerprint density at radius 2 is 1.71 bits per heavy atom. The summed E-state index contributed by atoms with van der Waals surface area (Å²) < 4.78 is 66.5. The Bertz CT molecular complexity index is 1200. The van der Waals surface area contributed by atoms with Crippen LogP contribution in [0.2, 0.25) is 0 Å². The van der Waals surface area contributed by atoms with E-state index in [1.807, 2.05) is 0 Å². The number of methoxy groups -OCH3 is 1. The van der Waals surface area contributed by atoms with Gasteiger partial charge >= 0.3 is 0 Å². The Hall–Kier alpha value is -2.37. The normalized spacial score (nSPS) is 26.2. The number of ether oxygens (including phenoxy) is 2. The lowest BCUT2D eigenvalue weighted by Gasteiger charge is -2.39. The molecule has 34 heavy (non-hydrogen) atoms. The first-order chi connectivity index (χ1) is 16.3. The lowest BCUT2D eigenvalue weighted by molar-refractivity contribution is -0.0467. The molecule has 3 heterocycles. The van der Waals surface area contributed by atoms with E-state index in [0.717, 1.165) is 29.3 Å². The van der Waals surface area contributed by atoms with Gasteiger partial charge in [-0.1, -0.05) is 0 Å². The molecular weight excluding hydrogens is 464 g/mol. The topological polar surface area (TPSA) is 85.1 Å². The third-order valence-corrected chi connectivity index (χ3v) is 8.71. The van der Waals surface area contributed by atoms with E-state index in [1.54, 1.807) is 24.3 Å². The molecular formula is C24H27F2N3O4S. The van der Waals surface area contributed by atoms with E-state index in [9.17, 15) is 17.2 Å². The molecule has 10 heteroatoms. The zero-order chi connectivity index (χ0) is 24.0. The van der Waals surface area contributed by atoms with Crippen molar-refractivity contribution >= 4 is 10.0 Å². The third kappa shape index (κ3) is 4.25. The van der Waals surface area contributed by atoms with Crippen LogP contribution < -0.4 is 10.5 Å². The van der Waals surface area contributed by atoms with Crippen molar-refractivity contribution < 1.29 is 26.7 Å². The van der Waals surface area contributed by atoms with Gasteiger partial charge in [-0.2, -0.15) is 4.31 Å². The van der Waals surface area contributed by atoms with Gasteiger partial charge in [0.1, 0.15) is 23.5 Å². The number of rotatable bonds is 5. The Balaban J connectivity index is 1.20. The van der Waals surface area contributed by atoms with Crippen LogP contribution in [-0.2, 0) is 14.8 Å². The fraction of sp³-hybridized carbons (Fsp3) is 0.417. The Kier molecular flexibility index (Phi) is 6.19. The molecule has 0 bridgehead atoms. The molecule has 0 aliphatic carbocycles. The molecule has 1 fully saturated rings. The molecule has 0 aromatic heterocycles. The van der Waals surface area contributed by atoms with E-state index in [0.29, 0.717) is 45.0 Å². The van der Waals surface area contributed by atoms with Crippen molar-refractivity contribution in [2.24, 2.45) is 5.73 Å². The average Bonchev–Trinajstić information content (AvgIpc) is 3.41. The number of sulfonamides is 1. The second-order valence-corrected chi connectivity index (χ2v) is 11.0. The highest BCUT2D eigenvalue weighted by Gasteiger charge is 2.41. The fourth-order valence-electron chi connectivity index (χ4n) is 5.05. The highest BCUT2D eigenvalue weighted by molar-refractivity contribution is 7.89. The highest BCUT2D eigenvalue weighted by atomic mass is 32.2. The van der Waals surface area contributed by atoms with Crippen molar-refractivity contribution in [1.82, 2.24) is 9.21 Å². The van der Waals surface area contributed by atoms with Crippen LogP contribution in [0.1, 0.15) is 18.1 Å². The van der Waals surface area contributed by atoms with E-state index in [2.05, 4.69) is 4.90 Å². The lowest BCUT2D eigenvalue weighted by Crippen LogP contribution is -2.49. The molecule has 5 rings (SSSR count). The molecule has 0 radical (unpaired) electrons. The molecule has 1 unspecified atom stereocenters. The predicted molar refractivity (Wildman–Crippen MR) is 122 cm³/mol. The van der Waals surface area contributed by atoms with Crippen LogP contribution in [0.15, 0.2) is 58.5 Å². The summed E-state index contributed by atoms with van der Waals surface area (Å²) in [5.74, 6) is -0.448. The van der Waals surface area contributed by atoms with E-state index in [1.165, 1.54) is 11.4 Å². The maximum Gasteiger partial charge on any atom is 0.243 e. The minimum absolute atomic E-state index is 0.0279. The van der Waals surface area contributed by atoms with Crippen LogP contribution in [0.5, 0.6) is 5.75 Å². The summed E-state index contributed by atoms with van der Waals surface area (Å²) in [4.78, 5) is 2.48. The largest absolute Gasteiger partial charge is 0.497 e. The summed E-state index contributed by atoms with van der Waals surface area (Å²) in [6, 6.07) is 9.26. The van der Waals surface area contributed by atoms with Gasteiger partial charge in [0, 0.05) is 43.8 Å². The van der Waals surface area contributed by atoms with Crippen LogP contribution in [0.4, 0.5) is 8.78 Å². The molecule has 3 aliphatic rings. The first-order valence-electron chi connectivity index (χ1n) is 11.2. The van der Waals surface area contributed by atoms with Crippen LogP contribution in [0.25, 0.3) is 0 Å². The summed E-state index contributed by atoms with van der Waals surface area (Å²) in [7, 11) is -2.06. The molecule has 2 aromatic rings. The second-order valence-electron chi connectivity index (χ2n) is 9.03. The molecule has 0 saturated carbocycles. The van der Waals surface area contributed by atoms with Crippen molar-refractivity contribution in [2.45, 2.75) is 29.5 Å². The van der Waals surface area contributed by atoms with Crippen LogP contribution in [0, 0.1) is 11.6 Å². The maximum absolute atomic E-state index is 14.2. The molecule has 2 N–H and O–H groups in total. The van der Waals surface area contributed by atoms with Crippen molar-refractivity contribution in [3.63, 3.8) is 0 Å². The lowest BCUT2D eigenvalue weighted by atomic mass is 9.93. The fourth-order valence-corrected chi connectivity index (χ4v) is 6.48. The summed E-state index contributed by atoms with van der Waals surface area (Å²) in [6.07, 6.45) is -0.117. The van der Waals surface area contributed by atoms with Gasteiger partial charge < -0.3 is 15.2 Å². The maximum atomic E-state index is 14.2. The van der Waals surface area contributed by atoms with Crippen molar-refractivity contribution in [3.05, 3.63) is 70.8 Å². The first kappa shape index (κ1) is 23.4. The molecule has 0 spiro atoms. The number of halogens is 2. The van der Waals surface area contributed by atoms with E-state index < -0.39 is 33.8 Å². The van der Waals surface area contributed by atoms with Gasteiger partial charge in [0.15, 0.2) is 0 Å². The van der Waals surface area contributed by atoms with Crippen molar-refractivity contribution in [2.75, 3.05) is 39.9 Å². The van der Waals surface area contributed by atoms with Crippen LogP contribution >= 0.6 is 0 Å². The van der Waals surface area contributed by atoms with Gasteiger partial charge in [-0.3, -0.25) is 4.90 Å². The minimum Gasteiger partial charge on any atom is -0.497 e. The standard InChI is InChI=1S/C24H27F2N3O4S/c1-32-19-3-5-20(6-4-19)34(30,31)29-12-15-10-28(11-16(15)13-29)18-9-23(27)24(33-14-18)21-8-17(25)2-7-22(21)26/h2-8,18,23-24H,9-14,27H2,1H3/t18-,23?,24-/m1/s1. The predicted octanol–water partition coefficient (Wildman–Crippen LogP) is 2.45. The SMILES string of the molecule is COc1ccc(S(=O)(=O)N2CC3=C(CN([C@H]4CO[C@H](c5cc(F)ccc5F)C(N)C4)C3)C2)cc1. The van der Waals surface area contributed by atoms with Crippen molar-refractivity contribution in [3.8, 4) is 5.75 Å².